The number of hydrogen-bond donors (Lipinski definition) is 3. The van der Waals surface area contributed by atoms with Crippen molar-refractivity contribution in [3.05, 3.63) is 194 Å². The molecular weight excluding hydrogens is 914 g/mol. The molecule has 0 aliphatic rings. The third-order valence-electron chi connectivity index (χ3n) is 7.59. The summed E-state index contributed by atoms with van der Waals surface area (Å²) >= 11 is 4.64. The fourth-order valence-electron chi connectivity index (χ4n) is 4.81. The molecule has 0 aliphatic heterocycles. The van der Waals surface area contributed by atoms with Crippen molar-refractivity contribution < 1.29 is 26.3 Å². The Morgan fingerprint density at radius 2 is 0.585 bits per heavy atom. The molecule has 11 heteroatoms. The van der Waals surface area contributed by atoms with Gasteiger partial charge in [-0.3, -0.25) is 0 Å². The zero-order valence-electron chi connectivity index (χ0n) is 27.5. The molecule has 53 heavy (non-hydrogen) atoms. The Kier molecular flexibility index (Phi) is 13.8. The van der Waals surface area contributed by atoms with E-state index < -0.39 is 40.6 Å². The van der Waals surface area contributed by atoms with E-state index in [0.29, 0.717) is 11.4 Å². The monoisotopic (exact) mass is 943 g/mol. The van der Waals surface area contributed by atoms with E-state index in [1.54, 1.807) is 48.5 Å². The van der Waals surface area contributed by atoms with Crippen LogP contribution in [0.25, 0.3) is 22.3 Å². The first-order chi connectivity index (χ1) is 25.5. The summed E-state index contributed by atoms with van der Waals surface area (Å²) in [6, 6.07) is 42.0. The van der Waals surface area contributed by atoms with Gasteiger partial charge in [-0.05, 0) is 152 Å². The van der Waals surface area contributed by atoms with E-state index in [1.165, 1.54) is 60.7 Å². The number of nitrogens with two attached hydrogens (primary N) is 1. The maximum atomic E-state index is 13.8. The lowest BCUT2D eigenvalue weighted by Crippen LogP contribution is -1.97. The number of halogens is 8. The largest absolute Gasteiger partial charge is 0.394 e. The molecule has 0 fully saturated rings. The second-order valence-corrected chi connectivity index (χ2v) is 13.7. The zero-order chi connectivity index (χ0) is 37.9. The first-order valence-corrected chi connectivity index (χ1v) is 18.0. The van der Waals surface area contributed by atoms with Crippen LogP contribution in [0.4, 0.5) is 54.8 Å². The van der Waals surface area contributed by atoms with Gasteiger partial charge in [0.1, 0.15) is 52.0 Å². The first-order valence-electron chi connectivity index (χ1n) is 15.8. The van der Waals surface area contributed by atoms with Crippen molar-refractivity contribution in [1.82, 2.24) is 0 Å². The topological polar surface area (TPSA) is 50.1 Å². The molecule has 268 valence electrons. The van der Waals surface area contributed by atoms with Crippen LogP contribution in [-0.4, -0.2) is 0 Å². The smallest absolute Gasteiger partial charge is 0.149 e. The summed E-state index contributed by atoms with van der Waals surface area (Å²) in [6.45, 7) is 0. The molecule has 7 rings (SSSR count). The highest BCUT2D eigenvalue weighted by molar-refractivity contribution is 14.1. The molecule has 0 aromatic heterocycles. The predicted octanol–water partition coefficient (Wildman–Crippen LogP) is 13.5. The standard InChI is InChI=1S/C24H16F4N2.C12H8I2.C6H5F2N/c25-19-3-1-4-20(26)23(19)29-17-11-7-15(8-12-17)16-9-13-18(14-10-16)30-24-21(27)5-2-6-22(24)28;13-11-5-1-9(2-6-11)10-3-7-12(14)8-4-10;7-4-2-1-3-5(8)6(4)9/h1-14,29-30H;1-8H;1-3H,9H2. The third kappa shape index (κ3) is 11.0. The van der Waals surface area contributed by atoms with Crippen LogP contribution >= 0.6 is 45.2 Å². The third-order valence-corrected chi connectivity index (χ3v) is 9.03. The van der Waals surface area contributed by atoms with E-state index in [0.717, 1.165) is 23.3 Å². The van der Waals surface area contributed by atoms with Gasteiger partial charge in [-0.25, -0.2) is 26.3 Å². The van der Waals surface area contributed by atoms with Gasteiger partial charge < -0.3 is 16.4 Å². The lowest BCUT2D eigenvalue weighted by Gasteiger charge is -2.11. The van der Waals surface area contributed by atoms with Crippen molar-refractivity contribution >= 4 is 73.6 Å². The molecule has 0 amide bonds. The highest BCUT2D eigenvalue weighted by Gasteiger charge is 2.10. The second-order valence-electron chi connectivity index (χ2n) is 11.2. The Bertz CT molecular complexity index is 2070. The normalized spacial score (nSPS) is 10.3. The highest BCUT2D eigenvalue weighted by atomic mass is 127. The zero-order valence-corrected chi connectivity index (χ0v) is 31.8. The molecule has 0 atom stereocenters. The molecule has 3 nitrogen and oxygen atoms in total. The average molecular weight is 944 g/mol. The maximum absolute atomic E-state index is 13.8. The van der Waals surface area contributed by atoms with Crippen molar-refractivity contribution in [2.75, 3.05) is 16.4 Å². The van der Waals surface area contributed by atoms with Gasteiger partial charge in [0.15, 0.2) is 0 Å². The lowest BCUT2D eigenvalue weighted by atomic mass is 10.0. The summed E-state index contributed by atoms with van der Waals surface area (Å²) in [5.41, 5.74) is 9.48. The molecule has 0 aliphatic carbocycles. The Labute approximate surface area is 330 Å². The van der Waals surface area contributed by atoms with Gasteiger partial charge in [0.05, 0.1) is 0 Å². The molecule has 0 unspecified atom stereocenters. The van der Waals surface area contributed by atoms with Gasteiger partial charge in [-0.2, -0.15) is 0 Å². The van der Waals surface area contributed by atoms with Gasteiger partial charge in [-0.1, -0.05) is 66.7 Å². The minimum Gasteiger partial charge on any atom is -0.394 e. The first kappa shape index (κ1) is 39.2. The molecule has 7 aromatic rings. The SMILES string of the molecule is Fc1cccc(F)c1Nc1ccc(-c2ccc(Nc3c(F)cccc3F)cc2)cc1.Ic1ccc(-c2ccc(I)cc2)cc1.Nc1c(F)cccc1F. The Hall–Kier alpha value is -5.02. The van der Waals surface area contributed by atoms with E-state index in [9.17, 15) is 26.3 Å². The summed E-state index contributed by atoms with van der Waals surface area (Å²) in [5, 5.41) is 5.47. The van der Waals surface area contributed by atoms with Gasteiger partial charge >= 0.3 is 0 Å². The number of nitrogen functional groups attached to an aromatic ring is 1. The van der Waals surface area contributed by atoms with Crippen LogP contribution in [0, 0.1) is 42.0 Å². The summed E-state index contributed by atoms with van der Waals surface area (Å²) < 4.78 is 82.1. The summed E-state index contributed by atoms with van der Waals surface area (Å²) in [4.78, 5) is 0. The second kappa shape index (κ2) is 18.6. The highest BCUT2D eigenvalue weighted by Crippen LogP contribution is 2.29. The Morgan fingerprint density at radius 1 is 0.340 bits per heavy atom. The summed E-state index contributed by atoms with van der Waals surface area (Å²) in [7, 11) is 0. The fourth-order valence-corrected chi connectivity index (χ4v) is 5.53. The molecule has 0 saturated heterocycles. The van der Waals surface area contributed by atoms with Crippen LogP contribution in [0.15, 0.2) is 152 Å². The lowest BCUT2D eigenvalue weighted by molar-refractivity contribution is 0.590. The quantitative estimate of drug-likeness (QED) is 0.0884. The van der Waals surface area contributed by atoms with E-state index >= 15 is 0 Å². The van der Waals surface area contributed by atoms with Crippen molar-refractivity contribution in [3.63, 3.8) is 0 Å². The molecule has 0 saturated carbocycles. The minimum absolute atomic E-state index is 0.207. The van der Waals surface area contributed by atoms with Crippen molar-refractivity contribution in [3.8, 4) is 22.3 Å². The number of para-hydroxylation sites is 3. The minimum atomic E-state index is -0.713. The van der Waals surface area contributed by atoms with E-state index in [2.05, 4.69) is 104 Å². The van der Waals surface area contributed by atoms with Crippen LogP contribution in [0.3, 0.4) is 0 Å². The molecular formula is C42H29F6I2N3. The molecule has 0 bridgehead atoms. The van der Waals surface area contributed by atoms with Crippen LogP contribution in [0.1, 0.15) is 0 Å². The van der Waals surface area contributed by atoms with E-state index in [-0.39, 0.29) is 11.4 Å². The Balaban J connectivity index is 0.000000192. The molecule has 7 aromatic carbocycles. The van der Waals surface area contributed by atoms with Gasteiger partial charge in [-0.15, -0.1) is 0 Å². The number of benzene rings is 7. The number of rotatable bonds is 6. The van der Waals surface area contributed by atoms with Crippen LogP contribution in [0.5, 0.6) is 0 Å². The number of hydrogen-bond acceptors (Lipinski definition) is 3. The van der Waals surface area contributed by atoms with Crippen LogP contribution < -0.4 is 16.4 Å². The van der Waals surface area contributed by atoms with Gasteiger partial charge in [0.2, 0.25) is 0 Å². The molecule has 0 spiro atoms. The van der Waals surface area contributed by atoms with Gasteiger partial charge in [0, 0.05) is 18.5 Å². The van der Waals surface area contributed by atoms with Crippen molar-refractivity contribution in [2.24, 2.45) is 0 Å². The van der Waals surface area contributed by atoms with Crippen molar-refractivity contribution in [2.45, 2.75) is 0 Å². The summed E-state index contributed by atoms with van der Waals surface area (Å²) in [5.74, 6) is -4.12. The molecule has 0 heterocycles. The Morgan fingerprint density at radius 3 is 0.849 bits per heavy atom. The predicted molar refractivity (Wildman–Crippen MR) is 219 cm³/mol. The maximum Gasteiger partial charge on any atom is 0.149 e. The molecule has 0 radical (unpaired) electrons. The van der Waals surface area contributed by atoms with Gasteiger partial charge in [0.25, 0.3) is 0 Å². The van der Waals surface area contributed by atoms with Crippen LogP contribution in [-0.2, 0) is 0 Å². The average Bonchev–Trinajstić information content (AvgIpc) is 3.16. The molecule has 4 N–H and O–H groups in total. The number of anilines is 5. The van der Waals surface area contributed by atoms with E-state index in [4.69, 9.17) is 5.73 Å². The van der Waals surface area contributed by atoms with Crippen LogP contribution in [0.2, 0.25) is 0 Å². The van der Waals surface area contributed by atoms with E-state index in [1.807, 2.05) is 0 Å². The van der Waals surface area contributed by atoms with Crippen molar-refractivity contribution in [1.29, 1.82) is 0 Å². The summed E-state index contributed by atoms with van der Waals surface area (Å²) in [6.07, 6.45) is 0. The fraction of sp³-hybridized carbons (Fsp3) is 0. The number of nitrogens with one attached hydrogen (secondary N) is 2.